The van der Waals surface area contributed by atoms with Gasteiger partial charge in [-0.1, -0.05) is 23.7 Å². The van der Waals surface area contributed by atoms with Gasteiger partial charge < -0.3 is 14.8 Å². The minimum absolute atomic E-state index is 0.193. The smallest absolute Gasteiger partial charge is 0.260 e. The summed E-state index contributed by atoms with van der Waals surface area (Å²) in [6.45, 7) is 2.61. The van der Waals surface area contributed by atoms with Crippen molar-refractivity contribution in [2.45, 2.75) is 13.0 Å². The van der Waals surface area contributed by atoms with Gasteiger partial charge in [0.15, 0.2) is 6.10 Å². The Hall–Kier alpha value is -1.26. The van der Waals surface area contributed by atoms with E-state index in [4.69, 9.17) is 21.1 Å². The molecule has 0 fully saturated rings. The van der Waals surface area contributed by atoms with Crippen LogP contribution in [0, 0.1) is 0 Å². The van der Waals surface area contributed by atoms with Crippen LogP contribution in [0.25, 0.3) is 0 Å². The molecule has 0 spiro atoms. The van der Waals surface area contributed by atoms with Gasteiger partial charge in [-0.05, 0) is 19.1 Å². The Labute approximate surface area is 106 Å². The summed E-state index contributed by atoms with van der Waals surface area (Å²) in [5.74, 6) is 0.311. The van der Waals surface area contributed by atoms with E-state index in [1.807, 2.05) is 0 Å². The van der Waals surface area contributed by atoms with E-state index in [2.05, 4.69) is 5.32 Å². The predicted octanol–water partition coefficient (Wildman–Crippen LogP) is 1.87. The van der Waals surface area contributed by atoms with Crippen LogP contribution in [0.5, 0.6) is 5.75 Å². The monoisotopic (exact) mass is 257 g/mol. The van der Waals surface area contributed by atoms with E-state index in [9.17, 15) is 4.79 Å². The number of carbonyl (C=O) groups is 1. The fourth-order valence-electron chi connectivity index (χ4n) is 1.20. The van der Waals surface area contributed by atoms with Crippen LogP contribution >= 0.6 is 11.6 Å². The number of para-hydroxylation sites is 1. The van der Waals surface area contributed by atoms with Crippen LogP contribution in [-0.2, 0) is 9.53 Å². The highest BCUT2D eigenvalue weighted by Crippen LogP contribution is 2.24. The molecule has 1 aromatic carbocycles. The Balaban J connectivity index is 2.46. The van der Waals surface area contributed by atoms with E-state index in [-0.39, 0.29) is 5.91 Å². The summed E-state index contributed by atoms with van der Waals surface area (Å²) in [6, 6.07) is 7.04. The van der Waals surface area contributed by atoms with Crippen LogP contribution in [0.3, 0.4) is 0 Å². The van der Waals surface area contributed by atoms with Crippen LogP contribution in [0.1, 0.15) is 6.92 Å². The van der Waals surface area contributed by atoms with Crippen molar-refractivity contribution in [2.24, 2.45) is 0 Å². The van der Waals surface area contributed by atoms with E-state index in [1.165, 1.54) is 0 Å². The molecule has 1 unspecified atom stereocenters. The SMILES string of the molecule is COCCNC(=O)C(C)Oc1ccccc1Cl. The van der Waals surface area contributed by atoms with Gasteiger partial charge in [-0.2, -0.15) is 0 Å². The van der Waals surface area contributed by atoms with Crippen LogP contribution in [0.2, 0.25) is 5.02 Å². The molecule has 0 bridgehead atoms. The second-order valence-corrected chi connectivity index (χ2v) is 3.88. The number of rotatable bonds is 6. The molecule has 0 saturated heterocycles. The molecule has 0 saturated carbocycles. The average molecular weight is 258 g/mol. The molecule has 94 valence electrons. The van der Waals surface area contributed by atoms with Crippen LogP contribution in [0.15, 0.2) is 24.3 Å². The molecule has 5 heteroatoms. The lowest BCUT2D eigenvalue weighted by Crippen LogP contribution is -2.37. The summed E-state index contributed by atoms with van der Waals surface area (Å²) in [5.41, 5.74) is 0. The van der Waals surface area contributed by atoms with Gasteiger partial charge in [0.25, 0.3) is 5.91 Å². The first-order chi connectivity index (χ1) is 8.15. The van der Waals surface area contributed by atoms with Crippen LogP contribution < -0.4 is 10.1 Å². The second-order valence-electron chi connectivity index (χ2n) is 3.47. The summed E-state index contributed by atoms with van der Waals surface area (Å²) in [4.78, 5) is 11.6. The van der Waals surface area contributed by atoms with Crippen molar-refractivity contribution in [2.75, 3.05) is 20.3 Å². The van der Waals surface area contributed by atoms with Gasteiger partial charge in [-0.15, -0.1) is 0 Å². The molecule has 1 N–H and O–H groups in total. The van der Waals surface area contributed by atoms with Gasteiger partial charge >= 0.3 is 0 Å². The number of amides is 1. The first-order valence-corrected chi connectivity index (χ1v) is 5.70. The lowest BCUT2D eigenvalue weighted by Gasteiger charge is -2.15. The lowest BCUT2D eigenvalue weighted by atomic mass is 10.3. The average Bonchev–Trinajstić information content (AvgIpc) is 2.32. The minimum Gasteiger partial charge on any atom is -0.479 e. The van der Waals surface area contributed by atoms with Gasteiger partial charge in [0.2, 0.25) is 0 Å². The van der Waals surface area contributed by atoms with Crippen molar-refractivity contribution in [3.05, 3.63) is 29.3 Å². The normalized spacial score (nSPS) is 11.9. The Morgan fingerprint density at radius 1 is 1.47 bits per heavy atom. The molecule has 4 nitrogen and oxygen atoms in total. The topological polar surface area (TPSA) is 47.6 Å². The fourth-order valence-corrected chi connectivity index (χ4v) is 1.38. The highest BCUT2D eigenvalue weighted by molar-refractivity contribution is 6.32. The van der Waals surface area contributed by atoms with Crippen molar-refractivity contribution in [1.82, 2.24) is 5.32 Å². The third-order valence-corrected chi connectivity index (χ3v) is 2.43. The Morgan fingerprint density at radius 2 is 2.18 bits per heavy atom. The summed E-state index contributed by atoms with van der Waals surface area (Å²) < 4.78 is 10.3. The fraction of sp³-hybridized carbons (Fsp3) is 0.417. The highest BCUT2D eigenvalue weighted by atomic mass is 35.5. The maximum Gasteiger partial charge on any atom is 0.260 e. The summed E-state index contributed by atoms with van der Waals surface area (Å²) >= 11 is 5.92. The van der Waals surface area contributed by atoms with Crippen molar-refractivity contribution in [3.8, 4) is 5.75 Å². The van der Waals surface area contributed by atoms with Crippen LogP contribution in [0.4, 0.5) is 0 Å². The molecular weight excluding hydrogens is 242 g/mol. The molecular formula is C12H16ClNO3. The van der Waals surface area contributed by atoms with Gasteiger partial charge in [-0.3, -0.25) is 4.79 Å². The number of benzene rings is 1. The van der Waals surface area contributed by atoms with E-state index in [0.717, 1.165) is 0 Å². The first kappa shape index (κ1) is 13.8. The molecule has 0 radical (unpaired) electrons. The first-order valence-electron chi connectivity index (χ1n) is 5.33. The second kappa shape index (κ2) is 7.14. The summed E-state index contributed by atoms with van der Waals surface area (Å²) in [5, 5.41) is 3.18. The molecule has 1 amide bonds. The summed E-state index contributed by atoms with van der Waals surface area (Å²) in [6.07, 6.45) is -0.591. The Morgan fingerprint density at radius 3 is 2.82 bits per heavy atom. The maximum absolute atomic E-state index is 11.6. The van der Waals surface area contributed by atoms with Crippen molar-refractivity contribution in [1.29, 1.82) is 0 Å². The van der Waals surface area contributed by atoms with E-state index in [1.54, 1.807) is 38.3 Å². The third-order valence-electron chi connectivity index (χ3n) is 2.12. The molecule has 0 aliphatic rings. The Bertz CT molecular complexity index is 371. The lowest BCUT2D eigenvalue weighted by molar-refractivity contribution is -0.127. The minimum atomic E-state index is -0.591. The maximum atomic E-state index is 11.6. The number of carbonyl (C=O) groups excluding carboxylic acids is 1. The number of halogens is 1. The largest absolute Gasteiger partial charge is 0.479 e. The Kier molecular flexibility index (Phi) is 5.80. The van der Waals surface area contributed by atoms with Gasteiger partial charge in [0.05, 0.1) is 11.6 Å². The van der Waals surface area contributed by atoms with Crippen molar-refractivity contribution >= 4 is 17.5 Å². The number of nitrogens with one attached hydrogen (secondary N) is 1. The zero-order valence-electron chi connectivity index (χ0n) is 9.90. The number of methoxy groups -OCH3 is 1. The zero-order valence-corrected chi connectivity index (χ0v) is 10.7. The molecule has 0 heterocycles. The molecule has 1 atom stereocenters. The van der Waals surface area contributed by atoms with E-state index >= 15 is 0 Å². The quantitative estimate of drug-likeness (QED) is 0.792. The third kappa shape index (κ3) is 4.63. The molecule has 1 aromatic rings. The van der Waals surface area contributed by atoms with Crippen molar-refractivity contribution in [3.63, 3.8) is 0 Å². The number of hydrogen-bond donors (Lipinski definition) is 1. The predicted molar refractivity (Wildman–Crippen MR) is 66.4 cm³/mol. The van der Waals surface area contributed by atoms with Crippen molar-refractivity contribution < 1.29 is 14.3 Å². The van der Waals surface area contributed by atoms with E-state index in [0.29, 0.717) is 23.9 Å². The standard InChI is InChI=1S/C12H16ClNO3/c1-9(12(15)14-7-8-16-2)17-11-6-4-3-5-10(11)13/h3-6,9H,7-8H2,1-2H3,(H,14,15). The molecule has 0 aliphatic heterocycles. The number of ether oxygens (including phenoxy) is 2. The highest BCUT2D eigenvalue weighted by Gasteiger charge is 2.14. The number of hydrogen-bond acceptors (Lipinski definition) is 3. The van der Waals surface area contributed by atoms with Gasteiger partial charge in [0, 0.05) is 13.7 Å². The van der Waals surface area contributed by atoms with E-state index < -0.39 is 6.10 Å². The molecule has 17 heavy (non-hydrogen) atoms. The summed E-state index contributed by atoms with van der Waals surface area (Å²) in [7, 11) is 1.58. The molecule has 0 aromatic heterocycles. The van der Waals surface area contributed by atoms with Gasteiger partial charge in [-0.25, -0.2) is 0 Å². The molecule has 0 aliphatic carbocycles. The zero-order chi connectivity index (χ0) is 12.7. The molecule has 1 rings (SSSR count). The van der Waals surface area contributed by atoms with Crippen LogP contribution in [-0.4, -0.2) is 32.3 Å². The van der Waals surface area contributed by atoms with Gasteiger partial charge in [0.1, 0.15) is 5.75 Å².